The van der Waals surface area contributed by atoms with Crippen molar-refractivity contribution in [3.63, 3.8) is 0 Å². The molecule has 3 heteroatoms. The highest BCUT2D eigenvalue weighted by Crippen LogP contribution is 2.17. The molecule has 1 aromatic carbocycles. The summed E-state index contributed by atoms with van der Waals surface area (Å²) in [4.78, 5) is 0. The Kier molecular flexibility index (Phi) is 2.72. The Balaban J connectivity index is 2.22. The summed E-state index contributed by atoms with van der Waals surface area (Å²) in [5, 5.41) is 0. The van der Waals surface area contributed by atoms with Crippen molar-refractivity contribution in [2.75, 3.05) is 7.11 Å². The van der Waals surface area contributed by atoms with Gasteiger partial charge in [-0.3, -0.25) is 0 Å². The van der Waals surface area contributed by atoms with Gasteiger partial charge in [-0.2, -0.15) is 0 Å². The van der Waals surface area contributed by atoms with Gasteiger partial charge in [0.25, 0.3) is 0 Å². The van der Waals surface area contributed by atoms with Gasteiger partial charge in [0.05, 0.1) is 7.11 Å². The molecule has 0 atom stereocenters. The number of halogens is 1. The summed E-state index contributed by atoms with van der Waals surface area (Å²) in [6, 6.07) is 8.75. The van der Waals surface area contributed by atoms with Crippen molar-refractivity contribution in [1.29, 1.82) is 0 Å². The van der Waals surface area contributed by atoms with Crippen molar-refractivity contribution < 1.29 is 9.13 Å². The van der Waals surface area contributed by atoms with E-state index in [0.29, 0.717) is 17.9 Å². The van der Waals surface area contributed by atoms with E-state index in [4.69, 9.17) is 4.74 Å². The third-order valence-electron chi connectivity index (χ3n) is 2.28. The first-order valence-corrected chi connectivity index (χ1v) is 4.73. The smallest absolute Gasteiger partial charge is 0.131 e. The second-order valence-electron chi connectivity index (χ2n) is 3.31. The highest BCUT2D eigenvalue weighted by molar-refractivity contribution is 5.29. The van der Waals surface area contributed by atoms with Crippen LogP contribution in [0.5, 0.6) is 5.75 Å². The van der Waals surface area contributed by atoms with Gasteiger partial charge < -0.3 is 9.30 Å². The number of ether oxygens (including phenoxy) is 1. The fraction of sp³-hybridized carbons (Fsp3) is 0.167. The van der Waals surface area contributed by atoms with Gasteiger partial charge >= 0.3 is 0 Å². The van der Waals surface area contributed by atoms with E-state index in [0.717, 1.165) is 0 Å². The third kappa shape index (κ3) is 2.18. The standard InChI is InChI=1S/C12H12FNO/c1-15-11-5-4-10(12(13)8-11)9-14-6-2-3-7-14/h2-8H,9H2,1H3. The molecule has 2 rings (SSSR count). The van der Waals surface area contributed by atoms with E-state index in [2.05, 4.69) is 0 Å². The molecule has 0 aliphatic heterocycles. The van der Waals surface area contributed by atoms with E-state index in [1.165, 1.54) is 13.2 Å². The minimum absolute atomic E-state index is 0.233. The van der Waals surface area contributed by atoms with Crippen LogP contribution in [0.1, 0.15) is 5.56 Å². The number of benzene rings is 1. The van der Waals surface area contributed by atoms with Crippen LogP contribution in [0, 0.1) is 5.82 Å². The molecule has 0 radical (unpaired) electrons. The first-order chi connectivity index (χ1) is 7.29. The average Bonchev–Trinajstić information content (AvgIpc) is 2.74. The number of hydrogen-bond acceptors (Lipinski definition) is 1. The third-order valence-corrected chi connectivity index (χ3v) is 2.28. The van der Waals surface area contributed by atoms with Crippen LogP contribution in [0.25, 0.3) is 0 Å². The molecule has 0 N–H and O–H groups in total. The molecule has 0 unspecified atom stereocenters. The quantitative estimate of drug-likeness (QED) is 0.751. The summed E-state index contributed by atoms with van der Waals surface area (Å²) >= 11 is 0. The van der Waals surface area contributed by atoms with Crippen molar-refractivity contribution in [2.24, 2.45) is 0 Å². The van der Waals surface area contributed by atoms with Crippen molar-refractivity contribution in [3.05, 3.63) is 54.1 Å². The van der Waals surface area contributed by atoms with Gasteiger partial charge in [0, 0.05) is 30.6 Å². The lowest BCUT2D eigenvalue weighted by atomic mass is 10.2. The monoisotopic (exact) mass is 205 g/mol. The fourth-order valence-corrected chi connectivity index (χ4v) is 1.46. The molecule has 1 aromatic heterocycles. The fourth-order valence-electron chi connectivity index (χ4n) is 1.46. The molecule has 0 fully saturated rings. The van der Waals surface area contributed by atoms with E-state index in [-0.39, 0.29) is 5.82 Å². The topological polar surface area (TPSA) is 14.2 Å². The highest BCUT2D eigenvalue weighted by Gasteiger charge is 2.03. The van der Waals surface area contributed by atoms with E-state index in [1.54, 1.807) is 12.1 Å². The van der Waals surface area contributed by atoms with Gasteiger partial charge in [-0.15, -0.1) is 0 Å². The highest BCUT2D eigenvalue weighted by atomic mass is 19.1. The zero-order valence-corrected chi connectivity index (χ0v) is 8.48. The summed E-state index contributed by atoms with van der Waals surface area (Å²) < 4.78 is 20.4. The zero-order chi connectivity index (χ0) is 10.7. The molecule has 1 heterocycles. The Labute approximate surface area is 87.9 Å². The number of rotatable bonds is 3. The molecule has 0 saturated heterocycles. The van der Waals surface area contributed by atoms with Crippen LogP contribution in [-0.4, -0.2) is 11.7 Å². The predicted molar refractivity (Wildman–Crippen MR) is 56.5 cm³/mol. The van der Waals surface area contributed by atoms with Crippen LogP contribution in [0.15, 0.2) is 42.7 Å². The Morgan fingerprint density at radius 1 is 1.27 bits per heavy atom. The van der Waals surface area contributed by atoms with E-state index < -0.39 is 0 Å². The molecule has 15 heavy (non-hydrogen) atoms. The second-order valence-corrected chi connectivity index (χ2v) is 3.31. The second kappa shape index (κ2) is 4.17. The normalized spacial score (nSPS) is 10.3. The van der Waals surface area contributed by atoms with Gasteiger partial charge in [0.2, 0.25) is 0 Å². The predicted octanol–water partition coefficient (Wildman–Crippen LogP) is 2.68. The molecule has 0 amide bonds. The first kappa shape index (κ1) is 9.77. The Morgan fingerprint density at radius 2 is 2.00 bits per heavy atom. The molecule has 0 aliphatic carbocycles. The molecule has 0 saturated carbocycles. The minimum Gasteiger partial charge on any atom is -0.497 e. The largest absolute Gasteiger partial charge is 0.497 e. The zero-order valence-electron chi connectivity index (χ0n) is 8.48. The SMILES string of the molecule is COc1ccc(Cn2cccc2)c(F)c1. The first-order valence-electron chi connectivity index (χ1n) is 4.73. The molecule has 0 spiro atoms. The molecular formula is C12H12FNO. The van der Waals surface area contributed by atoms with Crippen molar-refractivity contribution in [3.8, 4) is 5.75 Å². The molecular weight excluding hydrogens is 193 g/mol. The maximum absolute atomic E-state index is 13.5. The van der Waals surface area contributed by atoms with Crippen LogP contribution >= 0.6 is 0 Å². The molecule has 0 aliphatic rings. The van der Waals surface area contributed by atoms with Crippen LogP contribution < -0.4 is 4.74 Å². The lowest BCUT2D eigenvalue weighted by Crippen LogP contribution is -1.99. The lowest BCUT2D eigenvalue weighted by molar-refractivity contribution is 0.410. The van der Waals surface area contributed by atoms with Crippen molar-refractivity contribution in [2.45, 2.75) is 6.54 Å². The summed E-state index contributed by atoms with van der Waals surface area (Å²) in [7, 11) is 1.53. The number of nitrogens with zero attached hydrogens (tertiary/aromatic N) is 1. The minimum atomic E-state index is -0.233. The van der Waals surface area contributed by atoms with Crippen LogP contribution in [0.4, 0.5) is 4.39 Å². The van der Waals surface area contributed by atoms with Crippen LogP contribution in [0.2, 0.25) is 0 Å². The van der Waals surface area contributed by atoms with Gasteiger partial charge in [0.1, 0.15) is 11.6 Å². The summed E-state index contributed by atoms with van der Waals surface area (Å²) in [6.07, 6.45) is 3.81. The maximum Gasteiger partial charge on any atom is 0.131 e. The molecule has 78 valence electrons. The molecule has 2 nitrogen and oxygen atoms in total. The number of hydrogen-bond donors (Lipinski definition) is 0. The summed E-state index contributed by atoms with van der Waals surface area (Å²) in [5.74, 6) is 0.312. The molecule has 2 aromatic rings. The van der Waals surface area contributed by atoms with Gasteiger partial charge in [0.15, 0.2) is 0 Å². The van der Waals surface area contributed by atoms with Gasteiger partial charge in [-0.1, -0.05) is 6.07 Å². The Morgan fingerprint density at radius 3 is 2.60 bits per heavy atom. The van der Waals surface area contributed by atoms with Crippen LogP contribution in [-0.2, 0) is 6.54 Å². The number of aromatic nitrogens is 1. The summed E-state index contributed by atoms with van der Waals surface area (Å²) in [5.41, 5.74) is 0.659. The number of methoxy groups -OCH3 is 1. The Hall–Kier alpha value is -1.77. The molecule has 0 bridgehead atoms. The van der Waals surface area contributed by atoms with Crippen molar-refractivity contribution >= 4 is 0 Å². The Bertz CT molecular complexity index is 437. The van der Waals surface area contributed by atoms with E-state index >= 15 is 0 Å². The van der Waals surface area contributed by atoms with Gasteiger partial charge in [-0.05, 0) is 18.2 Å². The van der Waals surface area contributed by atoms with Crippen LogP contribution in [0.3, 0.4) is 0 Å². The summed E-state index contributed by atoms with van der Waals surface area (Å²) in [6.45, 7) is 0.544. The average molecular weight is 205 g/mol. The van der Waals surface area contributed by atoms with E-state index in [1.807, 2.05) is 29.1 Å². The lowest BCUT2D eigenvalue weighted by Gasteiger charge is -2.06. The van der Waals surface area contributed by atoms with E-state index in [9.17, 15) is 4.39 Å². The van der Waals surface area contributed by atoms with Gasteiger partial charge in [-0.25, -0.2) is 4.39 Å². The maximum atomic E-state index is 13.5. The van der Waals surface area contributed by atoms with Crippen molar-refractivity contribution in [1.82, 2.24) is 4.57 Å².